The fourth-order valence-electron chi connectivity index (χ4n) is 0.405. The summed E-state index contributed by atoms with van der Waals surface area (Å²) in [4.78, 5) is 0. The normalized spacial score (nSPS) is 13.1. The maximum atomic E-state index is 9.03. The summed E-state index contributed by atoms with van der Waals surface area (Å²) in [5, 5.41) is 9.03. The minimum Gasteiger partial charge on any atom is -0.392 e. The number of rotatable bonds is 5. The molecule has 0 radical (unpaired) electrons. The third-order valence-electron chi connectivity index (χ3n) is 1.02. The Kier molecular flexibility index (Phi) is 6.21. The number of hydrogen-bond donors (Lipinski definition) is 1. The van der Waals surface area contributed by atoms with Gasteiger partial charge in [0.2, 0.25) is 0 Å². The molecular weight excluding hydrogens is 132 g/mol. The predicted octanol–water partition coefficient (Wildman–Crippen LogP) is 1.68. The first kappa shape index (κ1) is 9.05. The van der Waals surface area contributed by atoms with Gasteiger partial charge in [0, 0.05) is 11.5 Å². The Morgan fingerprint density at radius 3 is 2.89 bits per heavy atom. The van der Waals surface area contributed by atoms with Gasteiger partial charge in [0.05, 0.1) is 6.10 Å². The van der Waals surface area contributed by atoms with Gasteiger partial charge in [0.25, 0.3) is 0 Å². The van der Waals surface area contributed by atoms with E-state index in [9.17, 15) is 0 Å². The topological polar surface area (TPSA) is 20.2 Å². The van der Waals surface area contributed by atoms with Crippen molar-refractivity contribution in [2.24, 2.45) is 0 Å². The van der Waals surface area contributed by atoms with E-state index in [1.807, 2.05) is 13.0 Å². The maximum absolute atomic E-state index is 9.03. The summed E-state index contributed by atoms with van der Waals surface area (Å²) in [5.74, 6) is 1.78. The zero-order valence-corrected chi connectivity index (χ0v) is 6.66. The van der Waals surface area contributed by atoms with E-state index < -0.39 is 0 Å². The molecule has 0 rings (SSSR count). The highest BCUT2D eigenvalue weighted by atomic mass is 32.2. The molecule has 0 spiro atoms. The summed E-state index contributed by atoms with van der Waals surface area (Å²) in [5.41, 5.74) is 0. The Balaban J connectivity index is 2.96. The van der Waals surface area contributed by atoms with Crippen LogP contribution in [0.1, 0.15) is 13.3 Å². The van der Waals surface area contributed by atoms with Crippen LogP contribution in [-0.2, 0) is 0 Å². The van der Waals surface area contributed by atoms with E-state index in [0.717, 1.165) is 17.9 Å². The van der Waals surface area contributed by atoms with Crippen LogP contribution in [0.5, 0.6) is 0 Å². The Morgan fingerprint density at radius 1 is 1.78 bits per heavy atom. The minimum absolute atomic E-state index is 0.130. The van der Waals surface area contributed by atoms with Gasteiger partial charge < -0.3 is 5.11 Å². The number of aliphatic hydroxyl groups is 1. The molecule has 0 aromatic carbocycles. The van der Waals surface area contributed by atoms with Crippen LogP contribution >= 0.6 is 11.8 Å². The van der Waals surface area contributed by atoms with Crippen molar-refractivity contribution >= 4 is 11.8 Å². The maximum Gasteiger partial charge on any atom is 0.0628 e. The molecule has 0 amide bonds. The zero-order valence-electron chi connectivity index (χ0n) is 5.84. The summed E-state index contributed by atoms with van der Waals surface area (Å²) >= 11 is 1.72. The van der Waals surface area contributed by atoms with Crippen molar-refractivity contribution in [3.63, 3.8) is 0 Å². The molecule has 0 aromatic rings. The van der Waals surface area contributed by atoms with Gasteiger partial charge in [-0.1, -0.05) is 13.0 Å². The zero-order chi connectivity index (χ0) is 7.11. The van der Waals surface area contributed by atoms with Crippen LogP contribution in [0.4, 0.5) is 0 Å². The van der Waals surface area contributed by atoms with E-state index in [0.29, 0.717) is 0 Å². The van der Waals surface area contributed by atoms with Crippen LogP contribution in [0.2, 0.25) is 0 Å². The van der Waals surface area contributed by atoms with Crippen molar-refractivity contribution in [2.75, 3.05) is 11.5 Å². The van der Waals surface area contributed by atoms with Gasteiger partial charge in [-0.15, -0.1) is 6.58 Å². The molecule has 1 nitrogen and oxygen atoms in total. The van der Waals surface area contributed by atoms with Gasteiger partial charge in [0.15, 0.2) is 0 Å². The van der Waals surface area contributed by atoms with Crippen molar-refractivity contribution < 1.29 is 5.11 Å². The molecule has 0 aliphatic carbocycles. The lowest BCUT2D eigenvalue weighted by Crippen LogP contribution is -2.07. The van der Waals surface area contributed by atoms with Crippen LogP contribution < -0.4 is 0 Å². The van der Waals surface area contributed by atoms with Crippen LogP contribution in [0, 0.1) is 0 Å². The van der Waals surface area contributed by atoms with Crippen LogP contribution in [-0.4, -0.2) is 22.7 Å². The summed E-state index contributed by atoms with van der Waals surface area (Å²) < 4.78 is 0. The molecule has 2 heteroatoms. The summed E-state index contributed by atoms with van der Waals surface area (Å²) in [6.07, 6.45) is 2.58. The largest absolute Gasteiger partial charge is 0.392 e. The van der Waals surface area contributed by atoms with E-state index in [4.69, 9.17) is 5.11 Å². The highest BCUT2D eigenvalue weighted by Gasteiger charge is 1.97. The lowest BCUT2D eigenvalue weighted by Gasteiger charge is -2.03. The van der Waals surface area contributed by atoms with Crippen molar-refractivity contribution in [1.29, 1.82) is 0 Å². The summed E-state index contributed by atoms with van der Waals surface area (Å²) in [6.45, 7) is 5.57. The van der Waals surface area contributed by atoms with Gasteiger partial charge in [0.1, 0.15) is 0 Å². The average molecular weight is 146 g/mol. The highest BCUT2D eigenvalue weighted by Crippen LogP contribution is 2.04. The van der Waals surface area contributed by atoms with Crippen molar-refractivity contribution in [2.45, 2.75) is 19.4 Å². The Morgan fingerprint density at radius 2 is 2.44 bits per heavy atom. The SMILES string of the molecule is C=CCSC[C@H](O)CC. The first-order valence-electron chi connectivity index (χ1n) is 3.18. The second-order valence-electron chi connectivity index (χ2n) is 1.89. The van der Waals surface area contributed by atoms with Crippen molar-refractivity contribution in [3.05, 3.63) is 12.7 Å². The van der Waals surface area contributed by atoms with E-state index in [1.165, 1.54) is 0 Å². The molecule has 0 aromatic heterocycles. The third kappa shape index (κ3) is 5.93. The number of hydrogen-bond acceptors (Lipinski definition) is 2. The van der Waals surface area contributed by atoms with Crippen molar-refractivity contribution in [3.8, 4) is 0 Å². The third-order valence-corrected chi connectivity index (χ3v) is 2.11. The average Bonchev–Trinajstić information content (AvgIpc) is 1.89. The Hall–Kier alpha value is 0.0500. The van der Waals surface area contributed by atoms with Crippen molar-refractivity contribution in [1.82, 2.24) is 0 Å². The molecular formula is C7H14OS. The molecule has 1 N–H and O–H groups in total. The molecule has 0 aliphatic heterocycles. The van der Waals surface area contributed by atoms with Crippen LogP contribution in [0.3, 0.4) is 0 Å². The fraction of sp³-hybridized carbons (Fsp3) is 0.714. The summed E-state index contributed by atoms with van der Waals surface area (Å²) in [6, 6.07) is 0. The van der Waals surface area contributed by atoms with Gasteiger partial charge in [-0.2, -0.15) is 11.8 Å². The van der Waals surface area contributed by atoms with E-state index in [-0.39, 0.29) is 6.10 Å². The molecule has 0 bridgehead atoms. The van der Waals surface area contributed by atoms with Gasteiger partial charge in [-0.3, -0.25) is 0 Å². The van der Waals surface area contributed by atoms with E-state index in [2.05, 4.69) is 6.58 Å². The second-order valence-corrected chi connectivity index (χ2v) is 2.96. The summed E-state index contributed by atoms with van der Waals surface area (Å²) in [7, 11) is 0. The Labute approximate surface area is 61.2 Å². The molecule has 0 heterocycles. The number of aliphatic hydroxyl groups excluding tert-OH is 1. The Bertz CT molecular complexity index is 73.3. The quantitative estimate of drug-likeness (QED) is 0.470. The second kappa shape index (κ2) is 6.17. The molecule has 1 atom stereocenters. The molecule has 0 saturated heterocycles. The van der Waals surface area contributed by atoms with Gasteiger partial charge in [-0.05, 0) is 6.42 Å². The van der Waals surface area contributed by atoms with Crippen LogP contribution in [0.25, 0.3) is 0 Å². The van der Waals surface area contributed by atoms with E-state index in [1.54, 1.807) is 11.8 Å². The number of thioether (sulfide) groups is 1. The highest BCUT2D eigenvalue weighted by molar-refractivity contribution is 7.99. The molecule has 0 aliphatic rings. The smallest absolute Gasteiger partial charge is 0.0628 e. The molecule has 0 saturated carbocycles. The minimum atomic E-state index is -0.130. The lowest BCUT2D eigenvalue weighted by atomic mass is 10.3. The fourth-order valence-corrected chi connectivity index (χ4v) is 1.22. The van der Waals surface area contributed by atoms with Crippen LogP contribution in [0.15, 0.2) is 12.7 Å². The predicted molar refractivity (Wildman–Crippen MR) is 43.8 cm³/mol. The van der Waals surface area contributed by atoms with E-state index >= 15 is 0 Å². The lowest BCUT2D eigenvalue weighted by molar-refractivity contribution is 0.195. The molecule has 9 heavy (non-hydrogen) atoms. The van der Waals surface area contributed by atoms with Gasteiger partial charge in [-0.25, -0.2) is 0 Å². The molecule has 0 fully saturated rings. The first-order valence-corrected chi connectivity index (χ1v) is 4.33. The standard InChI is InChI=1S/C7H14OS/c1-3-5-9-6-7(8)4-2/h3,7-8H,1,4-6H2,2H3/t7-/m1/s1. The monoisotopic (exact) mass is 146 g/mol. The first-order chi connectivity index (χ1) is 4.31. The van der Waals surface area contributed by atoms with Gasteiger partial charge >= 0.3 is 0 Å². The molecule has 0 unspecified atom stereocenters. The molecule has 54 valence electrons.